The van der Waals surface area contributed by atoms with Gasteiger partial charge in [0.2, 0.25) is 0 Å². The topological polar surface area (TPSA) is 0 Å². The minimum atomic E-state index is -2.89. The van der Waals surface area contributed by atoms with Gasteiger partial charge in [0.05, 0.1) is 0 Å². The third-order valence-electron chi connectivity index (χ3n) is 0.421. The summed E-state index contributed by atoms with van der Waals surface area (Å²) in [6.07, 6.45) is 3.17. The molecule has 0 aromatic carbocycles. The smallest absolute Gasteiger partial charge is 0.189 e. The Bertz CT molecular complexity index is 101. The Morgan fingerprint density at radius 3 is 2.12 bits per heavy atom. The van der Waals surface area contributed by atoms with Gasteiger partial charge in [-0.05, 0) is 22.0 Å². The van der Waals surface area contributed by atoms with Gasteiger partial charge in [-0.15, -0.1) is 0 Å². The van der Waals surface area contributed by atoms with E-state index in [9.17, 15) is 8.78 Å². The maximum Gasteiger partial charge on any atom is 0.320 e. The summed E-state index contributed by atoms with van der Waals surface area (Å²) in [5, 5.41) is 0. The van der Waals surface area contributed by atoms with Crippen molar-refractivity contribution in [1.29, 1.82) is 0 Å². The van der Waals surface area contributed by atoms with Gasteiger partial charge in [-0.25, -0.2) is 0 Å². The number of hydrogen-bond donors (Lipinski definition) is 0. The zero-order valence-electron chi connectivity index (χ0n) is 4.07. The number of allylic oxidation sites excluding steroid dienone is 3. The second-order valence-electron chi connectivity index (χ2n) is 1.14. The molecule has 0 radical (unpaired) electrons. The standard InChI is InChI=1S/C5H5BrF2/c1-2-3-4-5(6,7)8/h2-4H,1H2. The second-order valence-corrected chi connectivity index (χ2v) is 2.19. The highest BCUT2D eigenvalue weighted by Crippen LogP contribution is 2.22. The molecule has 0 bridgehead atoms. The molecule has 0 nitrogen and oxygen atoms in total. The molecule has 0 fully saturated rings. The van der Waals surface area contributed by atoms with E-state index in [4.69, 9.17) is 0 Å². The van der Waals surface area contributed by atoms with E-state index >= 15 is 0 Å². The third-order valence-corrected chi connectivity index (χ3v) is 0.686. The summed E-state index contributed by atoms with van der Waals surface area (Å²) in [7, 11) is 0. The molecular weight excluding hydrogens is 178 g/mol. The lowest BCUT2D eigenvalue weighted by Crippen LogP contribution is -1.96. The Hall–Kier alpha value is -0.180. The molecule has 0 aromatic rings. The molecule has 0 spiro atoms. The van der Waals surface area contributed by atoms with E-state index in [1.165, 1.54) is 12.2 Å². The zero-order chi connectivity index (χ0) is 6.62. The van der Waals surface area contributed by atoms with Crippen molar-refractivity contribution < 1.29 is 8.78 Å². The van der Waals surface area contributed by atoms with Crippen molar-refractivity contribution in [3.05, 3.63) is 24.8 Å². The summed E-state index contributed by atoms with van der Waals surface area (Å²) in [6, 6.07) is 0. The molecule has 0 unspecified atom stereocenters. The summed E-state index contributed by atoms with van der Waals surface area (Å²) in [5.74, 6) is 0. The van der Waals surface area contributed by atoms with Gasteiger partial charge >= 0.3 is 4.83 Å². The van der Waals surface area contributed by atoms with Crippen molar-refractivity contribution >= 4 is 15.9 Å². The van der Waals surface area contributed by atoms with E-state index in [2.05, 4.69) is 22.5 Å². The molecule has 0 N–H and O–H groups in total. The fraction of sp³-hybridized carbons (Fsp3) is 0.200. The Morgan fingerprint density at radius 2 is 2.00 bits per heavy atom. The predicted molar refractivity (Wildman–Crippen MR) is 33.2 cm³/mol. The van der Waals surface area contributed by atoms with Gasteiger partial charge in [-0.2, -0.15) is 8.78 Å². The first-order chi connectivity index (χ1) is 3.56. The monoisotopic (exact) mass is 182 g/mol. The van der Waals surface area contributed by atoms with Crippen LogP contribution in [-0.2, 0) is 0 Å². The van der Waals surface area contributed by atoms with Gasteiger partial charge < -0.3 is 0 Å². The first-order valence-electron chi connectivity index (χ1n) is 1.93. The molecule has 0 rings (SSSR count). The molecule has 0 amide bonds. The number of hydrogen-bond acceptors (Lipinski definition) is 0. The van der Waals surface area contributed by atoms with Gasteiger partial charge in [0, 0.05) is 0 Å². The van der Waals surface area contributed by atoms with Crippen molar-refractivity contribution in [3.8, 4) is 0 Å². The average molecular weight is 183 g/mol. The van der Waals surface area contributed by atoms with Gasteiger partial charge in [0.1, 0.15) is 0 Å². The van der Waals surface area contributed by atoms with Crippen molar-refractivity contribution in [2.45, 2.75) is 4.83 Å². The van der Waals surface area contributed by atoms with Crippen LogP contribution in [0.1, 0.15) is 0 Å². The maximum absolute atomic E-state index is 11.7. The number of alkyl halides is 3. The molecule has 0 aliphatic rings. The molecule has 0 aliphatic carbocycles. The SMILES string of the molecule is C=CC=CC(F)(F)Br. The van der Waals surface area contributed by atoms with Crippen LogP contribution >= 0.6 is 15.9 Å². The van der Waals surface area contributed by atoms with Crippen LogP contribution in [0.25, 0.3) is 0 Å². The van der Waals surface area contributed by atoms with Crippen LogP contribution in [0, 0.1) is 0 Å². The van der Waals surface area contributed by atoms with Crippen LogP contribution in [-0.4, -0.2) is 4.83 Å². The van der Waals surface area contributed by atoms with Crippen LogP contribution in [0.5, 0.6) is 0 Å². The lowest BCUT2D eigenvalue weighted by atomic mass is 10.5. The Morgan fingerprint density at radius 1 is 1.50 bits per heavy atom. The molecule has 0 aromatic heterocycles. The normalized spacial score (nSPS) is 12.4. The van der Waals surface area contributed by atoms with Gasteiger partial charge in [0.25, 0.3) is 0 Å². The molecule has 3 heteroatoms. The Labute approximate surface area is 55.0 Å². The number of halogens is 3. The summed E-state index contributed by atoms with van der Waals surface area (Å²) in [5.41, 5.74) is 0. The minimum Gasteiger partial charge on any atom is -0.189 e. The summed E-state index contributed by atoms with van der Waals surface area (Å²) >= 11 is 2.11. The first kappa shape index (κ1) is 7.82. The van der Waals surface area contributed by atoms with Crippen molar-refractivity contribution in [1.82, 2.24) is 0 Å². The molecule has 0 atom stereocenters. The van der Waals surface area contributed by atoms with E-state index in [-0.39, 0.29) is 0 Å². The van der Waals surface area contributed by atoms with Crippen LogP contribution in [0.15, 0.2) is 24.8 Å². The lowest BCUT2D eigenvalue weighted by Gasteiger charge is -1.96. The van der Waals surface area contributed by atoms with E-state index in [1.54, 1.807) is 0 Å². The highest BCUT2D eigenvalue weighted by Gasteiger charge is 2.17. The van der Waals surface area contributed by atoms with Gasteiger partial charge in [-0.3, -0.25) is 0 Å². The van der Waals surface area contributed by atoms with E-state index in [0.29, 0.717) is 6.08 Å². The van der Waals surface area contributed by atoms with Crippen molar-refractivity contribution in [3.63, 3.8) is 0 Å². The van der Waals surface area contributed by atoms with Crippen LogP contribution < -0.4 is 0 Å². The zero-order valence-corrected chi connectivity index (χ0v) is 5.66. The Balaban J connectivity index is 3.69. The molecule has 0 aliphatic heterocycles. The fourth-order valence-corrected chi connectivity index (χ4v) is 0.330. The van der Waals surface area contributed by atoms with Crippen LogP contribution in [0.2, 0.25) is 0 Å². The summed E-state index contributed by atoms with van der Waals surface area (Å²) in [6.45, 7) is 3.22. The van der Waals surface area contributed by atoms with Gasteiger partial charge in [0.15, 0.2) is 0 Å². The molecule has 46 valence electrons. The highest BCUT2D eigenvalue weighted by atomic mass is 79.9. The van der Waals surface area contributed by atoms with E-state index in [1.807, 2.05) is 0 Å². The Kier molecular flexibility index (Phi) is 2.90. The first-order valence-corrected chi connectivity index (χ1v) is 2.72. The van der Waals surface area contributed by atoms with E-state index in [0.717, 1.165) is 0 Å². The molecule has 0 heterocycles. The lowest BCUT2D eigenvalue weighted by molar-refractivity contribution is 0.171. The fourth-order valence-electron chi connectivity index (χ4n) is 0.177. The number of rotatable bonds is 2. The third kappa shape index (κ3) is 5.82. The molecule has 0 saturated heterocycles. The van der Waals surface area contributed by atoms with E-state index < -0.39 is 4.83 Å². The summed E-state index contributed by atoms with van der Waals surface area (Å²) in [4.78, 5) is -2.89. The average Bonchev–Trinajstić information content (AvgIpc) is 1.59. The van der Waals surface area contributed by atoms with Crippen LogP contribution in [0.3, 0.4) is 0 Å². The van der Waals surface area contributed by atoms with Crippen molar-refractivity contribution in [2.24, 2.45) is 0 Å². The molecular formula is C5H5BrF2. The van der Waals surface area contributed by atoms with Crippen molar-refractivity contribution in [2.75, 3.05) is 0 Å². The second kappa shape index (κ2) is 2.97. The maximum atomic E-state index is 11.7. The highest BCUT2D eigenvalue weighted by molar-refractivity contribution is 9.10. The molecule has 8 heavy (non-hydrogen) atoms. The summed E-state index contributed by atoms with van der Waals surface area (Å²) < 4.78 is 23.4. The van der Waals surface area contributed by atoms with Gasteiger partial charge in [-0.1, -0.05) is 18.7 Å². The molecule has 0 saturated carbocycles. The minimum absolute atomic E-state index is 0.708. The quantitative estimate of drug-likeness (QED) is 0.456. The van der Waals surface area contributed by atoms with Crippen LogP contribution in [0.4, 0.5) is 8.78 Å². The predicted octanol–water partition coefficient (Wildman–Crippen LogP) is 2.72. The largest absolute Gasteiger partial charge is 0.320 e.